The van der Waals surface area contributed by atoms with Crippen LogP contribution in [0.25, 0.3) is 0 Å². The van der Waals surface area contributed by atoms with Crippen LogP contribution >= 0.6 is 0 Å². The maximum atomic E-state index is 11.0. The van der Waals surface area contributed by atoms with Gasteiger partial charge in [-0.2, -0.15) is 0 Å². The number of hydrogen-bond donors (Lipinski definition) is 2. The average molecular weight is 257 g/mol. The molecule has 4 nitrogen and oxygen atoms in total. The molecule has 0 saturated heterocycles. The molecular weight excluding hydrogens is 242 g/mol. The summed E-state index contributed by atoms with van der Waals surface area (Å²) in [6.45, 7) is 0. The van der Waals surface area contributed by atoms with Crippen LogP contribution in [-0.2, 0) is 11.2 Å². The van der Waals surface area contributed by atoms with E-state index >= 15 is 0 Å². The topological polar surface area (TPSA) is 72.6 Å². The predicted molar refractivity (Wildman–Crippen MR) is 71.7 cm³/mol. The number of aromatic hydroxyl groups is 1. The van der Waals surface area contributed by atoms with Crippen molar-refractivity contribution in [3.05, 3.63) is 65.7 Å². The molecule has 0 aliphatic rings. The highest BCUT2D eigenvalue weighted by atomic mass is 16.6. The van der Waals surface area contributed by atoms with E-state index in [9.17, 15) is 9.90 Å². The standard InChI is InChI=1S/C15H15NO3/c16-15(18)19-14(10-11-4-2-1-3-5-11)12-6-8-13(17)9-7-12/h1-9,14,17H,10H2,(H2,16,18). The molecule has 0 heterocycles. The maximum Gasteiger partial charge on any atom is 0.405 e. The van der Waals surface area contributed by atoms with Crippen LogP contribution in [0.15, 0.2) is 54.6 Å². The molecular formula is C15H15NO3. The van der Waals surface area contributed by atoms with E-state index in [1.807, 2.05) is 30.3 Å². The van der Waals surface area contributed by atoms with Crippen molar-refractivity contribution in [2.24, 2.45) is 5.73 Å². The second-order valence-electron chi connectivity index (χ2n) is 4.21. The molecule has 3 N–H and O–H groups in total. The van der Waals surface area contributed by atoms with Gasteiger partial charge in [0.25, 0.3) is 0 Å². The van der Waals surface area contributed by atoms with Crippen LogP contribution in [0.2, 0.25) is 0 Å². The number of benzene rings is 2. The fourth-order valence-corrected chi connectivity index (χ4v) is 1.88. The van der Waals surface area contributed by atoms with Crippen LogP contribution in [0.3, 0.4) is 0 Å². The van der Waals surface area contributed by atoms with E-state index in [4.69, 9.17) is 10.5 Å². The average Bonchev–Trinajstić information content (AvgIpc) is 2.39. The molecule has 0 aromatic heterocycles. The van der Waals surface area contributed by atoms with E-state index in [0.717, 1.165) is 11.1 Å². The van der Waals surface area contributed by atoms with Gasteiger partial charge in [-0.15, -0.1) is 0 Å². The van der Waals surface area contributed by atoms with Crippen molar-refractivity contribution < 1.29 is 14.6 Å². The summed E-state index contributed by atoms with van der Waals surface area (Å²) < 4.78 is 5.14. The van der Waals surface area contributed by atoms with Crippen molar-refractivity contribution in [2.45, 2.75) is 12.5 Å². The predicted octanol–water partition coefficient (Wildman–Crippen LogP) is 2.77. The summed E-state index contributed by atoms with van der Waals surface area (Å²) in [4.78, 5) is 11.0. The zero-order valence-corrected chi connectivity index (χ0v) is 10.3. The van der Waals surface area contributed by atoms with Gasteiger partial charge in [0.1, 0.15) is 11.9 Å². The molecule has 2 aromatic carbocycles. The number of carbonyl (C=O) groups excluding carboxylic acids is 1. The lowest BCUT2D eigenvalue weighted by atomic mass is 10.0. The van der Waals surface area contributed by atoms with Gasteiger partial charge in [0, 0.05) is 6.42 Å². The van der Waals surface area contributed by atoms with Crippen molar-refractivity contribution in [1.29, 1.82) is 0 Å². The highest BCUT2D eigenvalue weighted by Gasteiger charge is 2.15. The number of rotatable bonds is 4. The fourth-order valence-electron chi connectivity index (χ4n) is 1.88. The van der Waals surface area contributed by atoms with Crippen molar-refractivity contribution in [3.8, 4) is 5.75 Å². The molecule has 0 spiro atoms. The Morgan fingerprint density at radius 2 is 1.74 bits per heavy atom. The van der Waals surface area contributed by atoms with Crippen LogP contribution < -0.4 is 5.73 Å². The fraction of sp³-hybridized carbons (Fsp3) is 0.133. The summed E-state index contributed by atoms with van der Waals surface area (Å²) in [6, 6.07) is 16.2. The number of ether oxygens (including phenoxy) is 1. The first kappa shape index (κ1) is 13.0. The third-order valence-electron chi connectivity index (χ3n) is 2.79. The van der Waals surface area contributed by atoms with Gasteiger partial charge in [-0.3, -0.25) is 0 Å². The lowest BCUT2D eigenvalue weighted by Gasteiger charge is -2.17. The van der Waals surface area contributed by atoms with Crippen molar-refractivity contribution >= 4 is 6.09 Å². The summed E-state index contributed by atoms with van der Waals surface area (Å²) >= 11 is 0. The summed E-state index contributed by atoms with van der Waals surface area (Å²) in [5.74, 6) is 0.168. The minimum atomic E-state index is -0.811. The van der Waals surface area contributed by atoms with Crippen LogP contribution in [0, 0.1) is 0 Å². The van der Waals surface area contributed by atoms with E-state index in [-0.39, 0.29) is 5.75 Å². The van der Waals surface area contributed by atoms with Crippen LogP contribution in [-0.4, -0.2) is 11.2 Å². The molecule has 0 saturated carbocycles. The van der Waals surface area contributed by atoms with E-state index in [1.165, 1.54) is 0 Å². The quantitative estimate of drug-likeness (QED) is 0.884. The maximum absolute atomic E-state index is 11.0. The monoisotopic (exact) mass is 257 g/mol. The first-order valence-corrected chi connectivity index (χ1v) is 5.94. The second kappa shape index (κ2) is 5.91. The Morgan fingerprint density at radius 3 is 2.32 bits per heavy atom. The Labute approximate surface area is 111 Å². The zero-order chi connectivity index (χ0) is 13.7. The molecule has 98 valence electrons. The number of phenols is 1. The number of phenolic OH excluding ortho intramolecular Hbond substituents is 1. The van der Waals surface area contributed by atoms with Gasteiger partial charge in [0.2, 0.25) is 0 Å². The molecule has 2 rings (SSSR count). The van der Waals surface area contributed by atoms with Gasteiger partial charge in [-0.1, -0.05) is 42.5 Å². The summed E-state index contributed by atoms with van der Waals surface area (Å²) in [5, 5.41) is 9.28. The second-order valence-corrected chi connectivity index (χ2v) is 4.21. The van der Waals surface area contributed by atoms with E-state index in [2.05, 4.69) is 0 Å². The lowest BCUT2D eigenvalue weighted by molar-refractivity contribution is 0.106. The molecule has 2 aromatic rings. The van der Waals surface area contributed by atoms with Gasteiger partial charge in [0.05, 0.1) is 0 Å². The van der Waals surface area contributed by atoms with E-state index in [1.54, 1.807) is 24.3 Å². The summed E-state index contributed by atoms with van der Waals surface area (Å²) in [7, 11) is 0. The van der Waals surface area contributed by atoms with Crippen molar-refractivity contribution in [3.63, 3.8) is 0 Å². The number of hydrogen-bond acceptors (Lipinski definition) is 3. The Hall–Kier alpha value is -2.49. The Kier molecular flexibility index (Phi) is 4.03. The van der Waals surface area contributed by atoms with Gasteiger partial charge in [-0.25, -0.2) is 4.79 Å². The number of carbonyl (C=O) groups is 1. The zero-order valence-electron chi connectivity index (χ0n) is 10.3. The number of primary amides is 1. The number of amides is 1. The smallest absolute Gasteiger partial charge is 0.405 e. The number of nitrogens with two attached hydrogens (primary N) is 1. The largest absolute Gasteiger partial charge is 0.508 e. The molecule has 0 radical (unpaired) electrons. The summed E-state index contributed by atoms with van der Waals surface area (Å²) in [6.07, 6.45) is -0.733. The first-order valence-electron chi connectivity index (χ1n) is 5.94. The van der Waals surface area contributed by atoms with Crippen LogP contribution in [0.4, 0.5) is 4.79 Å². The lowest BCUT2D eigenvalue weighted by Crippen LogP contribution is -2.18. The minimum absolute atomic E-state index is 0.168. The third-order valence-corrected chi connectivity index (χ3v) is 2.79. The SMILES string of the molecule is NC(=O)OC(Cc1ccccc1)c1ccc(O)cc1. The molecule has 19 heavy (non-hydrogen) atoms. The van der Waals surface area contributed by atoms with Crippen LogP contribution in [0.5, 0.6) is 5.75 Å². The molecule has 0 aliphatic heterocycles. The van der Waals surface area contributed by atoms with E-state index in [0.29, 0.717) is 6.42 Å². The molecule has 1 atom stereocenters. The summed E-state index contributed by atoms with van der Waals surface area (Å²) in [5.41, 5.74) is 6.94. The van der Waals surface area contributed by atoms with Gasteiger partial charge in [0.15, 0.2) is 0 Å². The highest BCUT2D eigenvalue weighted by molar-refractivity contribution is 5.65. The third kappa shape index (κ3) is 3.74. The highest BCUT2D eigenvalue weighted by Crippen LogP contribution is 2.24. The van der Waals surface area contributed by atoms with E-state index < -0.39 is 12.2 Å². The Morgan fingerprint density at radius 1 is 1.11 bits per heavy atom. The minimum Gasteiger partial charge on any atom is -0.508 e. The van der Waals surface area contributed by atoms with Gasteiger partial charge < -0.3 is 15.6 Å². The molecule has 0 bridgehead atoms. The molecule has 0 fully saturated rings. The molecule has 1 unspecified atom stereocenters. The van der Waals surface area contributed by atoms with Gasteiger partial charge in [-0.05, 0) is 23.3 Å². The molecule has 4 heteroatoms. The first-order chi connectivity index (χ1) is 9.15. The van der Waals surface area contributed by atoms with Crippen LogP contribution in [0.1, 0.15) is 17.2 Å². The Bertz CT molecular complexity index is 537. The van der Waals surface area contributed by atoms with Gasteiger partial charge >= 0.3 is 6.09 Å². The normalized spacial score (nSPS) is 11.8. The van der Waals surface area contributed by atoms with Crippen molar-refractivity contribution in [2.75, 3.05) is 0 Å². The Balaban J connectivity index is 2.20. The molecule has 0 aliphatic carbocycles. The molecule has 1 amide bonds. The van der Waals surface area contributed by atoms with Crippen molar-refractivity contribution in [1.82, 2.24) is 0 Å².